The fourth-order valence-electron chi connectivity index (χ4n) is 2.06. The van der Waals surface area contributed by atoms with Gasteiger partial charge < -0.3 is 4.74 Å². The van der Waals surface area contributed by atoms with Crippen molar-refractivity contribution < 1.29 is 9.53 Å². The van der Waals surface area contributed by atoms with Gasteiger partial charge in [0.25, 0.3) is 0 Å². The molecule has 0 unspecified atom stereocenters. The molecule has 0 heterocycles. The lowest BCUT2D eigenvalue weighted by Gasteiger charge is -2.04. The minimum absolute atomic E-state index is 0.393. The molecule has 0 aliphatic carbocycles. The van der Waals surface area contributed by atoms with Crippen molar-refractivity contribution in [3.8, 4) is 5.75 Å². The van der Waals surface area contributed by atoms with Crippen LogP contribution in [-0.2, 0) is 0 Å². The van der Waals surface area contributed by atoms with Crippen LogP contribution < -0.4 is 4.74 Å². The number of halogens is 1. The van der Waals surface area contributed by atoms with E-state index in [0.29, 0.717) is 22.0 Å². The van der Waals surface area contributed by atoms with Gasteiger partial charge in [0.15, 0.2) is 0 Å². The molecule has 0 bridgehead atoms. The van der Waals surface area contributed by atoms with Crippen LogP contribution in [-0.4, -0.2) is 12.2 Å². The van der Waals surface area contributed by atoms with Crippen molar-refractivity contribution in [2.45, 2.75) is 0 Å². The Morgan fingerprint density at radius 2 is 1.54 bits per heavy atom. The Balaban J connectivity index is 1.69. The maximum absolute atomic E-state index is 12.1. The Morgan fingerprint density at radius 1 is 0.875 bits per heavy atom. The van der Waals surface area contributed by atoms with Crippen molar-refractivity contribution in [3.63, 3.8) is 0 Å². The second-order valence-corrected chi connectivity index (χ2v) is 5.44. The molecule has 0 aliphatic heterocycles. The Morgan fingerprint density at radius 3 is 2.25 bits per heavy atom. The van der Waals surface area contributed by atoms with Crippen molar-refractivity contribution >= 4 is 29.5 Å². The molecule has 0 fully saturated rings. The van der Waals surface area contributed by atoms with Gasteiger partial charge in [-0.1, -0.05) is 54.1 Å². The van der Waals surface area contributed by atoms with Gasteiger partial charge in [0.05, 0.1) is 16.3 Å². The van der Waals surface area contributed by atoms with Crippen molar-refractivity contribution in [3.05, 3.63) is 95.0 Å². The third-order valence-corrected chi connectivity index (χ3v) is 3.62. The second kappa shape index (κ2) is 7.57. The normalized spacial score (nSPS) is 10.7. The predicted octanol–water partition coefficient (Wildman–Crippen LogP) is 5.31. The average molecular weight is 336 g/mol. The van der Waals surface area contributed by atoms with Crippen LogP contribution in [0.2, 0.25) is 5.02 Å². The molecule has 24 heavy (non-hydrogen) atoms. The van der Waals surface area contributed by atoms with E-state index < -0.39 is 5.97 Å². The van der Waals surface area contributed by atoms with Crippen LogP contribution in [0.1, 0.15) is 15.9 Å². The zero-order valence-electron chi connectivity index (χ0n) is 12.7. The summed E-state index contributed by atoms with van der Waals surface area (Å²) < 4.78 is 5.30. The minimum atomic E-state index is -0.393. The lowest BCUT2D eigenvalue weighted by molar-refractivity contribution is 0.0735. The molecule has 4 heteroatoms. The van der Waals surface area contributed by atoms with Crippen LogP contribution in [0, 0.1) is 0 Å². The summed E-state index contributed by atoms with van der Waals surface area (Å²) in [5.74, 6) is 0.127. The van der Waals surface area contributed by atoms with E-state index in [0.717, 1.165) is 5.56 Å². The minimum Gasteiger partial charge on any atom is -0.423 e. The van der Waals surface area contributed by atoms with Gasteiger partial charge in [0.2, 0.25) is 0 Å². The number of carbonyl (C=O) groups excluding carboxylic acids is 1. The summed E-state index contributed by atoms with van der Waals surface area (Å²) in [5.41, 5.74) is 2.05. The predicted molar refractivity (Wildman–Crippen MR) is 96.5 cm³/mol. The van der Waals surface area contributed by atoms with Crippen LogP contribution in [0.4, 0.5) is 5.69 Å². The first-order chi connectivity index (χ1) is 11.7. The number of nitrogens with zero attached hydrogens (tertiary/aromatic N) is 1. The van der Waals surface area contributed by atoms with E-state index in [2.05, 4.69) is 4.99 Å². The molecule has 3 aromatic rings. The first-order valence-electron chi connectivity index (χ1n) is 7.38. The highest BCUT2D eigenvalue weighted by Gasteiger charge is 2.07. The van der Waals surface area contributed by atoms with E-state index in [-0.39, 0.29) is 0 Å². The summed E-state index contributed by atoms with van der Waals surface area (Å²) in [6.07, 6.45) is 1.70. The second-order valence-electron chi connectivity index (χ2n) is 5.03. The Kier molecular flexibility index (Phi) is 5.04. The van der Waals surface area contributed by atoms with Gasteiger partial charge in [0.1, 0.15) is 5.75 Å². The van der Waals surface area contributed by atoms with Crippen LogP contribution in [0.5, 0.6) is 5.75 Å². The van der Waals surface area contributed by atoms with E-state index in [1.54, 1.807) is 36.5 Å². The lowest BCUT2D eigenvalue weighted by atomic mass is 10.1. The number of hydrogen-bond donors (Lipinski definition) is 0. The highest BCUT2D eigenvalue weighted by molar-refractivity contribution is 6.33. The highest BCUT2D eigenvalue weighted by Crippen LogP contribution is 2.23. The topological polar surface area (TPSA) is 38.7 Å². The monoisotopic (exact) mass is 335 g/mol. The first kappa shape index (κ1) is 16.0. The molecular formula is C20H14ClNO2. The van der Waals surface area contributed by atoms with E-state index >= 15 is 0 Å². The van der Waals surface area contributed by atoms with Gasteiger partial charge in [-0.15, -0.1) is 0 Å². The Bertz CT molecular complexity index is 858. The molecule has 0 saturated heterocycles. The van der Waals surface area contributed by atoms with Crippen molar-refractivity contribution in [1.29, 1.82) is 0 Å². The molecular weight excluding hydrogens is 322 g/mol. The zero-order chi connectivity index (χ0) is 16.8. The zero-order valence-corrected chi connectivity index (χ0v) is 13.5. The number of carbonyl (C=O) groups is 1. The fraction of sp³-hybridized carbons (Fsp3) is 0. The van der Waals surface area contributed by atoms with Crippen LogP contribution in [0.25, 0.3) is 0 Å². The molecule has 3 rings (SSSR count). The molecule has 0 amide bonds. The largest absolute Gasteiger partial charge is 0.423 e. The van der Waals surface area contributed by atoms with Gasteiger partial charge in [-0.3, -0.25) is 4.99 Å². The molecule has 0 aliphatic rings. The number of rotatable bonds is 4. The SMILES string of the molecule is O=C(Oc1ccccc1)c1ccc(C=Nc2ccccc2Cl)cc1. The van der Waals surface area contributed by atoms with E-state index in [9.17, 15) is 4.79 Å². The van der Waals surface area contributed by atoms with Gasteiger partial charge in [-0.05, 0) is 42.0 Å². The van der Waals surface area contributed by atoms with Gasteiger partial charge in [-0.25, -0.2) is 4.79 Å². The summed E-state index contributed by atoms with van der Waals surface area (Å²) in [6, 6.07) is 23.4. The molecule has 0 saturated carbocycles. The molecule has 0 radical (unpaired) electrons. The van der Waals surface area contributed by atoms with Crippen LogP contribution in [0.3, 0.4) is 0 Å². The maximum Gasteiger partial charge on any atom is 0.343 e. The number of benzene rings is 3. The maximum atomic E-state index is 12.1. The Hall–Kier alpha value is -2.91. The number of esters is 1. The van der Waals surface area contributed by atoms with Crippen LogP contribution >= 0.6 is 11.6 Å². The summed E-state index contributed by atoms with van der Waals surface area (Å²) in [7, 11) is 0. The summed E-state index contributed by atoms with van der Waals surface area (Å²) in [4.78, 5) is 16.4. The molecule has 0 atom stereocenters. The molecule has 3 nitrogen and oxygen atoms in total. The third kappa shape index (κ3) is 4.09. The highest BCUT2D eigenvalue weighted by atomic mass is 35.5. The number of para-hydroxylation sites is 2. The van der Waals surface area contributed by atoms with Crippen molar-refractivity contribution in [2.24, 2.45) is 4.99 Å². The van der Waals surface area contributed by atoms with Gasteiger partial charge in [0, 0.05) is 6.21 Å². The summed E-state index contributed by atoms with van der Waals surface area (Å²) in [6.45, 7) is 0. The van der Waals surface area contributed by atoms with Crippen molar-refractivity contribution in [2.75, 3.05) is 0 Å². The van der Waals surface area contributed by atoms with E-state index in [4.69, 9.17) is 16.3 Å². The number of aliphatic imine (C=N–C) groups is 1. The molecule has 118 valence electrons. The number of ether oxygens (including phenoxy) is 1. The molecule has 0 aromatic heterocycles. The summed E-state index contributed by atoms with van der Waals surface area (Å²) in [5, 5.41) is 0.594. The lowest BCUT2D eigenvalue weighted by Crippen LogP contribution is -2.08. The smallest absolute Gasteiger partial charge is 0.343 e. The van der Waals surface area contributed by atoms with Gasteiger partial charge in [-0.2, -0.15) is 0 Å². The molecule has 3 aromatic carbocycles. The molecule has 0 spiro atoms. The molecule has 0 N–H and O–H groups in total. The number of hydrogen-bond acceptors (Lipinski definition) is 3. The van der Waals surface area contributed by atoms with Crippen LogP contribution in [0.15, 0.2) is 83.9 Å². The first-order valence-corrected chi connectivity index (χ1v) is 7.76. The van der Waals surface area contributed by atoms with E-state index in [1.165, 1.54) is 0 Å². The standard InChI is InChI=1S/C20H14ClNO2/c21-18-8-4-5-9-19(18)22-14-15-10-12-16(13-11-15)20(23)24-17-6-2-1-3-7-17/h1-14H. The van der Waals surface area contributed by atoms with E-state index in [1.807, 2.05) is 48.5 Å². The van der Waals surface area contributed by atoms with Crippen molar-refractivity contribution in [1.82, 2.24) is 0 Å². The summed E-state index contributed by atoms with van der Waals surface area (Å²) >= 11 is 6.06. The Labute approximate surface area is 145 Å². The average Bonchev–Trinajstić information content (AvgIpc) is 2.62. The quantitative estimate of drug-likeness (QED) is 0.368. The third-order valence-electron chi connectivity index (χ3n) is 3.31. The fourth-order valence-corrected chi connectivity index (χ4v) is 2.24. The van der Waals surface area contributed by atoms with Gasteiger partial charge >= 0.3 is 5.97 Å².